The number of carboxylic acid groups (broad SMARTS) is 1. The summed E-state index contributed by atoms with van der Waals surface area (Å²) in [6.45, 7) is 0. The number of nitrogens with one attached hydrogen (secondary N) is 2. The van der Waals surface area contributed by atoms with E-state index in [1.807, 2.05) is 0 Å². The van der Waals surface area contributed by atoms with E-state index in [0.717, 1.165) is 0 Å². The van der Waals surface area contributed by atoms with E-state index in [-0.39, 0.29) is 5.69 Å². The third kappa shape index (κ3) is 0.845. The van der Waals surface area contributed by atoms with E-state index < -0.39 is 5.97 Å². The van der Waals surface area contributed by atoms with Crippen molar-refractivity contribution < 1.29 is 9.90 Å². The molecule has 0 aromatic carbocycles. The average Bonchev–Trinajstić information content (AvgIpc) is 2.53. The van der Waals surface area contributed by atoms with E-state index in [2.05, 4.69) is 30.9 Å². The van der Waals surface area contributed by atoms with Gasteiger partial charge >= 0.3 is 5.97 Å². The van der Waals surface area contributed by atoms with Gasteiger partial charge in [0, 0.05) is 0 Å². The molecule has 0 radical (unpaired) electrons. The Labute approximate surface area is 74.9 Å². The summed E-state index contributed by atoms with van der Waals surface area (Å²) in [6.07, 6.45) is 1.50. The Hall–Kier alpha value is -1.30. The Morgan fingerprint density at radius 1 is 1.67 bits per heavy atom. The second-order valence-corrected chi connectivity index (χ2v) is 3.04. The third-order valence-corrected chi connectivity index (χ3v) is 2.33. The normalized spacial score (nSPS) is 10.8. The number of rotatable bonds is 1. The molecule has 62 valence electrons. The van der Waals surface area contributed by atoms with E-state index in [1.54, 1.807) is 0 Å². The lowest BCUT2D eigenvalue weighted by Gasteiger charge is -1.87. The molecule has 0 saturated heterocycles. The van der Waals surface area contributed by atoms with Gasteiger partial charge < -0.3 is 15.1 Å². The van der Waals surface area contributed by atoms with Gasteiger partial charge in [0.15, 0.2) is 5.65 Å². The molecule has 0 spiro atoms. The van der Waals surface area contributed by atoms with Gasteiger partial charge in [0.1, 0.15) is 5.69 Å². The maximum atomic E-state index is 10.6. The van der Waals surface area contributed by atoms with Crippen LogP contribution in [0.25, 0.3) is 11.2 Å². The zero-order chi connectivity index (χ0) is 8.72. The van der Waals surface area contributed by atoms with Crippen LogP contribution < -0.4 is 0 Å². The van der Waals surface area contributed by atoms with Crippen LogP contribution in [0, 0.1) is 0 Å². The van der Waals surface area contributed by atoms with Crippen LogP contribution >= 0.6 is 15.9 Å². The van der Waals surface area contributed by atoms with Crippen molar-refractivity contribution in [1.82, 2.24) is 15.0 Å². The molecule has 2 heterocycles. The Morgan fingerprint density at radius 2 is 2.42 bits per heavy atom. The quantitative estimate of drug-likeness (QED) is 0.691. The second-order valence-electron chi connectivity index (χ2n) is 2.25. The van der Waals surface area contributed by atoms with E-state index in [9.17, 15) is 4.79 Å². The lowest BCUT2D eigenvalue weighted by atomic mass is 10.4. The summed E-state index contributed by atoms with van der Waals surface area (Å²) in [6, 6.07) is 0. The first-order valence-corrected chi connectivity index (χ1v) is 3.93. The van der Waals surface area contributed by atoms with Gasteiger partial charge in [-0.05, 0) is 15.9 Å². The molecule has 6 heteroatoms. The Kier molecular flexibility index (Phi) is 1.44. The fraction of sp³-hybridized carbons (Fsp3) is 0. The predicted octanol–water partition coefficient (Wildman–Crippen LogP) is 1.35. The summed E-state index contributed by atoms with van der Waals surface area (Å²) >= 11 is 3.15. The maximum Gasteiger partial charge on any atom is 0.353 e. The highest BCUT2D eigenvalue weighted by atomic mass is 79.9. The summed E-state index contributed by atoms with van der Waals surface area (Å²) in [5.74, 6) is -1.01. The smallest absolute Gasteiger partial charge is 0.353 e. The van der Waals surface area contributed by atoms with Gasteiger partial charge in [0.25, 0.3) is 0 Å². The third-order valence-electron chi connectivity index (χ3n) is 1.54. The van der Waals surface area contributed by atoms with Crippen LogP contribution in [-0.4, -0.2) is 26.0 Å². The zero-order valence-corrected chi connectivity index (χ0v) is 7.34. The number of H-pyrrole nitrogens is 2. The van der Waals surface area contributed by atoms with Crippen molar-refractivity contribution in [3.63, 3.8) is 0 Å². The van der Waals surface area contributed by atoms with E-state index >= 15 is 0 Å². The number of hydrogen-bond acceptors (Lipinski definition) is 2. The van der Waals surface area contributed by atoms with Crippen LogP contribution in [0.1, 0.15) is 10.5 Å². The van der Waals surface area contributed by atoms with Crippen LogP contribution in [0.3, 0.4) is 0 Å². The number of carbonyl (C=O) groups is 1. The topological polar surface area (TPSA) is 81.8 Å². The number of hydrogen-bond donors (Lipinski definition) is 3. The number of nitrogens with zero attached hydrogens (tertiary/aromatic N) is 1. The van der Waals surface area contributed by atoms with Crippen molar-refractivity contribution in [2.75, 3.05) is 0 Å². The summed E-state index contributed by atoms with van der Waals surface area (Å²) in [4.78, 5) is 19.9. The van der Waals surface area contributed by atoms with Crippen molar-refractivity contribution in [1.29, 1.82) is 0 Å². The van der Waals surface area contributed by atoms with Gasteiger partial charge in [-0.15, -0.1) is 0 Å². The summed E-state index contributed by atoms with van der Waals surface area (Å²) in [5.41, 5.74) is 1.33. The van der Waals surface area contributed by atoms with Crippen LogP contribution in [-0.2, 0) is 0 Å². The molecule has 2 aromatic rings. The van der Waals surface area contributed by atoms with Crippen molar-refractivity contribution in [2.24, 2.45) is 0 Å². The molecule has 3 N–H and O–H groups in total. The molecule has 0 atom stereocenters. The SMILES string of the molecule is O=C(O)c1[nH]c2nc[nH]c2c1Br. The number of imidazole rings is 1. The number of halogens is 1. The largest absolute Gasteiger partial charge is 0.477 e. The van der Waals surface area contributed by atoms with Gasteiger partial charge in [0.05, 0.1) is 16.3 Å². The molecule has 0 aliphatic rings. The van der Waals surface area contributed by atoms with E-state index in [1.165, 1.54) is 6.33 Å². The predicted molar refractivity (Wildman–Crippen MR) is 45.1 cm³/mol. The average molecular weight is 230 g/mol. The van der Waals surface area contributed by atoms with Gasteiger partial charge in [0.2, 0.25) is 0 Å². The van der Waals surface area contributed by atoms with Crippen molar-refractivity contribution in [3.8, 4) is 0 Å². The summed E-state index contributed by atoms with van der Waals surface area (Å²) in [5, 5.41) is 8.68. The van der Waals surface area contributed by atoms with Gasteiger partial charge in [-0.25, -0.2) is 9.78 Å². The highest BCUT2D eigenvalue weighted by Gasteiger charge is 2.15. The molecule has 0 fully saturated rings. The molecule has 2 aromatic heterocycles. The minimum Gasteiger partial charge on any atom is -0.477 e. The number of fused-ring (bicyclic) bond motifs is 1. The van der Waals surface area contributed by atoms with E-state index in [4.69, 9.17) is 5.11 Å². The van der Waals surface area contributed by atoms with Crippen LogP contribution in [0.2, 0.25) is 0 Å². The lowest BCUT2D eigenvalue weighted by molar-refractivity contribution is 0.0690. The zero-order valence-electron chi connectivity index (χ0n) is 5.76. The molecule has 2 rings (SSSR count). The minimum absolute atomic E-state index is 0.115. The molecule has 12 heavy (non-hydrogen) atoms. The molecule has 0 aliphatic heterocycles. The van der Waals surface area contributed by atoms with Crippen LogP contribution in [0.15, 0.2) is 10.8 Å². The molecule has 5 nitrogen and oxygen atoms in total. The number of aromatic nitrogens is 3. The standard InChI is InChI=1S/C6H4BrN3O2/c7-2-3-5(9-1-8-3)10-4(2)6(11)12/h1,10H,(H,8,9)(H,11,12). The van der Waals surface area contributed by atoms with Crippen molar-refractivity contribution >= 4 is 33.1 Å². The summed E-state index contributed by atoms with van der Waals surface area (Å²) < 4.78 is 0.502. The number of carboxylic acids is 1. The molecule has 0 unspecified atom stereocenters. The lowest BCUT2D eigenvalue weighted by Crippen LogP contribution is -1.96. The van der Waals surface area contributed by atoms with Gasteiger partial charge in [-0.3, -0.25) is 0 Å². The second kappa shape index (κ2) is 2.34. The summed E-state index contributed by atoms with van der Waals surface area (Å²) in [7, 11) is 0. The van der Waals surface area contributed by atoms with Crippen molar-refractivity contribution in [3.05, 3.63) is 16.5 Å². The van der Waals surface area contributed by atoms with Crippen LogP contribution in [0.5, 0.6) is 0 Å². The number of aromatic carboxylic acids is 1. The highest BCUT2D eigenvalue weighted by Crippen LogP contribution is 2.24. The molecular formula is C6H4BrN3O2. The molecule has 0 saturated carbocycles. The fourth-order valence-electron chi connectivity index (χ4n) is 1.00. The Balaban J connectivity index is 2.78. The molecule has 0 aliphatic carbocycles. The van der Waals surface area contributed by atoms with Gasteiger partial charge in [-0.2, -0.15) is 0 Å². The molecular weight excluding hydrogens is 226 g/mol. The Bertz CT molecular complexity index is 445. The molecule has 0 bridgehead atoms. The molecule has 0 amide bonds. The Morgan fingerprint density at radius 3 is 3.00 bits per heavy atom. The minimum atomic E-state index is -1.01. The van der Waals surface area contributed by atoms with Crippen molar-refractivity contribution in [2.45, 2.75) is 0 Å². The highest BCUT2D eigenvalue weighted by molar-refractivity contribution is 9.10. The first-order valence-electron chi connectivity index (χ1n) is 3.14. The maximum absolute atomic E-state index is 10.6. The first-order chi connectivity index (χ1) is 5.70. The van der Waals surface area contributed by atoms with Gasteiger partial charge in [-0.1, -0.05) is 0 Å². The number of aromatic amines is 2. The monoisotopic (exact) mass is 229 g/mol. The van der Waals surface area contributed by atoms with E-state index in [0.29, 0.717) is 15.6 Å². The fourth-order valence-corrected chi connectivity index (χ4v) is 1.57. The first kappa shape index (κ1) is 7.35. The van der Waals surface area contributed by atoms with Crippen LogP contribution in [0.4, 0.5) is 0 Å².